The fraction of sp³-hybridized carbons (Fsp3) is 0.0714. The van der Waals surface area contributed by atoms with Crippen LogP contribution in [0.25, 0.3) is 0 Å². The van der Waals surface area contributed by atoms with Gasteiger partial charge in [-0.15, -0.1) is 0 Å². The first-order valence-corrected chi connectivity index (χ1v) is 6.59. The summed E-state index contributed by atoms with van der Waals surface area (Å²) in [6, 6.07) is 9.77. The largest absolute Gasteiger partial charge is 0.444 e. The van der Waals surface area contributed by atoms with Crippen molar-refractivity contribution >= 4 is 28.8 Å². The predicted molar refractivity (Wildman–Crippen MR) is 84.4 cm³/mol. The molecule has 0 radical (unpaired) electrons. The number of carbonyl (C=O) groups is 1. The predicted octanol–water partition coefficient (Wildman–Crippen LogP) is 2.83. The van der Waals surface area contributed by atoms with Gasteiger partial charge in [-0.25, -0.2) is 4.79 Å². The summed E-state index contributed by atoms with van der Waals surface area (Å²) in [5.74, 6) is 0. The number of anilines is 2. The van der Waals surface area contributed by atoms with E-state index in [1.54, 1.807) is 18.2 Å². The zero-order chi connectivity index (χ0) is 17.7. The van der Waals surface area contributed by atoms with Gasteiger partial charge in [-0.2, -0.15) is 0 Å². The molecule has 124 valence electrons. The van der Waals surface area contributed by atoms with Crippen molar-refractivity contribution in [3.8, 4) is 0 Å². The number of nitrogens with two attached hydrogens (primary N) is 1. The fourth-order valence-electron chi connectivity index (χ4n) is 1.95. The van der Waals surface area contributed by atoms with Gasteiger partial charge in [0.05, 0.1) is 21.2 Å². The molecule has 3 N–H and O–H groups in total. The average molecular weight is 332 g/mol. The number of carbonyl (C=O) groups excluding carboxylic acids is 1. The SMILES string of the molecule is Nc1ccccc1NC(=O)OCc1c([N+](=O)[O-])cccc1[N+](=O)[O-]. The summed E-state index contributed by atoms with van der Waals surface area (Å²) < 4.78 is 4.85. The van der Waals surface area contributed by atoms with Crippen molar-refractivity contribution in [3.63, 3.8) is 0 Å². The van der Waals surface area contributed by atoms with Crippen molar-refractivity contribution in [2.45, 2.75) is 6.61 Å². The second kappa shape index (κ2) is 7.05. The number of nitrogens with one attached hydrogen (secondary N) is 1. The highest BCUT2D eigenvalue weighted by molar-refractivity contribution is 5.88. The minimum atomic E-state index is -0.944. The third kappa shape index (κ3) is 3.74. The Bertz CT molecular complexity index is 775. The van der Waals surface area contributed by atoms with Crippen molar-refractivity contribution in [2.75, 3.05) is 11.1 Å². The maximum Gasteiger partial charge on any atom is 0.412 e. The molecule has 0 heterocycles. The van der Waals surface area contributed by atoms with E-state index in [9.17, 15) is 25.0 Å². The summed E-state index contributed by atoms with van der Waals surface area (Å²) in [6.07, 6.45) is -0.944. The number of nitrogens with zero attached hydrogens (tertiary/aromatic N) is 2. The number of para-hydroxylation sites is 2. The van der Waals surface area contributed by atoms with Crippen LogP contribution in [0, 0.1) is 20.2 Å². The zero-order valence-electron chi connectivity index (χ0n) is 12.2. The van der Waals surface area contributed by atoms with Crippen molar-refractivity contribution < 1.29 is 19.4 Å². The summed E-state index contributed by atoms with van der Waals surface area (Å²) in [6.45, 7) is -0.633. The Hall–Kier alpha value is -3.69. The molecule has 0 unspecified atom stereocenters. The topological polar surface area (TPSA) is 151 Å². The van der Waals surface area contributed by atoms with Gasteiger partial charge in [0.2, 0.25) is 0 Å². The molecule has 0 aliphatic heterocycles. The van der Waals surface area contributed by atoms with Gasteiger partial charge in [0.25, 0.3) is 11.4 Å². The molecule has 10 heteroatoms. The maximum atomic E-state index is 11.8. The quantitative estimate of drug-likeness (QED) is 0.485. The van der Waals surface area contributed by atoms with E-state index < -0.39 is 33.9 Å². The molecule has 0 aliphatic carbocycles. The molecule has 0 saturated heterocycles. The molecule has 2 rings (SSSR count). The van der Waals surface area contributed by atoms with Crippen molar-refractivity contribution in [1.82, 2.24) is 0 Å². The molecule has 0 bridgehead atoms. The second-order valence-corrected chi connectivity index (χ2v) is 4.58. The van der Waals surface area contributed by atoms with Crippen LogP contribution in [0.1, 0.15) is 5.56 Å². The average Bonchev–Trinajstić information content (AvgIpc) is 2.54. The number of nitrogen functional groups attached to an aromatic ring is 1. The molecule has 24 heavy (non-hydrogen) atoms. The summed E-state index contributed by atoms with van der Waals surface area (Å²) in [7, 11) is 0. The zero-order valence-corrected chi connectivity index (χ0v) is 12.2. The van der Waals surface area contributed by atoms with Crippen LogP contribution in [-0.2, 0) is 11.3 Å². The second-order valence-electron chi connectivity index (χ2n) is 4.58. The van der Waals surface area contributed by atoms with E-state index in [4.69, 9.17) is 10.5 Å². The van der Waals surface area contributed by atoms with Crippen LogP contribution < -0.4 is 11.1 Å². The number of nitro groups is 2. The first-order chi connectivity index (χ1) is 11.4. The minimum Gasteiger partial charge on any atom is -0.444 e. The van der Waals surface area contributed by atoms with E-state index in [-0.39, 0.29) is 5.56 Å². The lowest BCUT2D eigenvalue weighted by Gasteiger charge is -2.09. The molecule has 1 amide bonds. The molecule has 0 aromatic heterocycles. The minimum absolute atomic E-state index is 0.291. The molecule has 0 spiro atoms. The number of hydrogen-bond donors (Lipinski definition) is 2. The standard InChI is InChI=1S/C14H12N4O6/c15-10-4-1-2-5-11(10)16-14(19)24-8-9-12(17(20)21)6-3-7-13(9)18(22)23/h1-7H,8,15H2,(H,16,19). The van der Waals surface area contributed by atoms with Crippen LogP contribution in [0.15, 0.2) is 42.5 Å². The van der Waals surface area contributed by atoms with E-state index in [1.807, 2.05) is 0 Å². The monoisotopic (exact) mass is 332 g/mol. The smallest absolute Gasteiger partial charge is 0.412 e. The Kier molecular flexibility index (Phi) is 4.90. The molecule has 0 atom stereocenters. The van der Waals surface area contributed by atoms with Gasteiger partial charge in [-0.3, -0.25) is 25.5 Å². The van der Waals surface area contributed by atoms with Crippen LogP contribution in [0.5, 0.6) is 0 Å². The van der Waals surface area contributed by atoms with Crippen molar-refractivity contribution in [3.05, 3.63) is 68.3 Å². The van der Waals surface area contributed by atoms with Gasteiger partial charge in [0.15, 0.2) is 0 Å². The maximum absolute atomic E-state index is 11.8. The highest BCUT2D eigenvalue weighted by atomic mass is 16.6. The Morgan fingerprint density at radius 1 is 1.04 bits per heavy atom. The molecule has 0 aliphatic rings. The van der Waals surface area contributed by atoms with E-state index in [0.717, 1.165) is 12.1 Å². The van der Waals surface area contributed by atoms with Gasteiger partial charge < -0.3 is 10.5 Å². The van der Waals surface area contributed by atoms with E-state index in [2.05, 4.69) is 5.32 Å². The van der Waals surface area contributed by atoms with Crippen LogP contribution in [0.3, 0.4) is 0 Å². The Labute approximate surface area is 135 Å². The first kappa shape index (κ1) is 16.7. The number of benzene rings is 2. The number of amides is 1. The molecule has 0 fully saturated rings. The Morgan fingerprint density at radius 3 is 2.17 bits per heavy atom. The third-order valence-corrected chi connectivity index (χ3v) is 3.07. The lowest BCUT2D eigenvalue weighted by Crippen LogP contribution is -2.15. The van der Waals surface area contributed by atoms with E-state index >= 15 is 0 Å². The summed E-state index contributed by atoms with van der Waals surface area (Å²) in [4.78, 5) is 32.2. The van der Waals surface area contributed by atoms with Gasteiger partial charge in [0.1, 0.15) is 12.2 Å². The van der Waals surface area contributed by atoms with E-state index in [1.165, 1.54) is 12.1 Å². The lowest BCUT2D eigenvalue weighted by molar-refractivity contribution is -0.396. The van der Waals surface area contributed by atoms with Gasteiger partial charge >= 0.3 is 6.09 Å². The number of ether oxygens (including phenoxy) is 1. The first-order valence-electron chi connectivity index (χ1n) is 6.59. The van der Waals surface area contributed by atoms with Gasteiger partial charge in [-0.1, -0.05) is 12.1 Å². The Balaban J connectivity index is 2.16. The number of rotatable bonds is 5. The summed E-state index contributed by atoms with van der Waals surface area (Å²) >= 11 is 0. The number of hydrogen-bond acceptors (Lipinski definition) is 7. The van der Waals surface area contributed by atoms with Crippen LogP contribution in [-0.4, -0.2) is 15.9 Å². The molecule has 2 aromatic rings. The van der Waals surface area contributed by atoms with Crippen molar-refractivity contribution in [1.29, 1.82) is 0 Å². The van der Waals surface area contributed by atoms with Gasteiger partial charge in [0, 0.05) is 12.1 Å². The fourth-order valence-corrected chi connectivity index (χ4v) is 1.95. The molecular weight excluding hydrogens is 320 g/mol. The molecule has 0 saturated carbocycles. The Morgan fingerprint density at radius 2 is 1.62 bits per heavy atom. The molecular formula is C14H12N4O6. The number of nitro benzene ring substituents is 2. The van der Waals surface area contributed by atoms with Crippen molar-refractivity contribution in [2.24, 2.45) is 0 Å². The summed E-state index contributed by atoms with van der Waals surface area (Å²) in [5.41, 5.74) is 4.93. The molecule has 2 aromatic carbocycles. The molecule has 10 nitrogen and oxygen atoms in total. The van der Waals surface area contributed by atoms with Gasteiger partial charge in [-0.05, 0) is 18.2 Å². The highest BCUT2D eigenvalue weighted by Gasteiger charge is 2.25. The summed E-state index contributed by atoms with van der Waals surface area (Å²) in [5, 5.41) is 24.3. The van der Waals surface area contributed by atoms with Crippen LogP contribution in [0.2, 0.25) is 0 Å². The third-order valence-electron chi connectivity index (χ3n) is 3.07. The van der Waals surface area contributed by atoms with E-state index in [0.29, 0.717) is 11.4 Å². The normalized spacial score (nSPS) is 10.0. The van der Waals surface area contributed by atoms with Crippen LogP contribution in [0.4, 0.5) is 27.5 Å². The lowest BCUT2D eigenvalue weighted by atomic mass is 10.1. The van der Waals surface area contributed by atoms with Crippen LogP contribution >= 0.6 is 0 Å². The highest BCUT2D eigenvalue weighted by Crippen LogP contribution is 2.29.